The van der Waals surface area contributed by atoms with E-state index in [2.05, 4.69) is 17.4 Å². The highest BCUT2D eigenvalue weighted by molar-refractivity contribution is 5.84. The summed E-state index contributed by atoms with van der Waals surface area (Å²) in [5, 5.41) is 12.4. The minimum absolute atomic E-state index is 0.0656. The highest BCUT2D eigenvalue weighted by Gasteiger charge is 2.35. The summed E-state index contributed by atoms with van der Waals surface area (Å²) in [6.45, 7) is 1.70. The molecule has 0 fully saturated rings. The zero-order chi connectivity index (χ0) is 17.9. The van der Waals surface area contributed by atoms with Gasteiger partial charge in [0, 0.05) is 6.54 Å². The van der Waals surface area contributed by atoms with E-state index in [0.29, 0.717) is 5.56 Å². The van der Waals surface area contributed by atoms with E-state index in [-0.39, 0.29) is 18.9 Å². The van der Waals surface area contributed by atoms with Crippen molar-refractivity contribution in [3.05, 3.63) is 70.8 Å². The lowest BCUT2D eigenvalue weighted by atomic mass is 9.82. The van der Waals surface area contributed by atoms with Crippen LogP contribution in [0.3, 0.4) is 0 Å². The Labute approximate surface area is 147 Å². The number of carboxylic acid groups (broad SMARTS) is 1. The van der Waals surface area contributed by atoms with Gasteiger partial charge in [0.05, 0.1) is 6.42 Å². The summed E-state index contributed by atoms with van der Waals surface area (Å²) >= 11 is 0. The van der Waals surface area contributed by atoms with Crippen LogP contribution in [0.15, 0.2) is 48.5 Å². The van der Waals surface area contributed by atoms with Gasteiger partial charge in [-0.05, 0) is 48.4 Å². The quantitative estimate of drug-likeness (QED) is 0.852. The predicted molar refractivity (Wildman–Crippen MR) is 96.6 cm³/mol. The number of carbonyl (C=O) groups is 2. The van der Waals surface area contributed by atoms with Gasteiger partial charge in [-0.25, -0.2) is 0 Å². The lowest BCUT2D eigenvalue weighted by molar-refractivity contribution is -0.143. The maximum atomic E-state index is 12.3. The zero-order valence-electron chi connectivity index (χ0n) is 14.4. The Kier molecular flexibility index (Phi) is 4.88. The van der Waals surface area contributed by atoms with Gasteiger partial charge < -0.3 is 10.4 Å². The third-order valence-corrected chi connectivity index (χ3v) is 5.05. The van der Waals surface area contributed by atoms with Gasteiger partial charge in [-0.3, -0.25) is 9.59 Å². The minimum atomic E-state index is -1.14. The molecule has 2 aromatic carbocycles. The largest absolute Gasteiger partial charge is 0.481 e. The molecule has 0 saturated carbocycles. The SMILES string of the molecule is CC(CNC(=O)Cc1ccc2c(c1)CCC2)(C(=O)O)c1ccccc1. The molecule has 0 radical (unpaired) electrons. The number of aliphatic carboxylic acids is 1. The van der Waals surface area contributed by atoms with Crippen LogP contribution < -0.4 is 5.32 Å². The molecular weight excluding hydrogens is 314 g/mol. The number of amides is 1. The maximum absolute atomic E-state index is 12.3. The molecule has 4 nitrogen and oxygen atoms in total. The number of fused-ring (bicyclic) bond motifs is 1. The molecule has 130 valence electrons. The van der Waals surface area contributed by atoms with Crippen molar-refractivity contribution in [3.63, 3.8) is 0 Å². The van der Waals surface area contributed by atoms with Gasteiger partial charge in [0.15, 0.2) is 0 Å². The maximum Gasteiger partial charge on any atom is 0.315 e. The molecule has 2 aromatic rings. The first-order chi connectivity index (χ1) is 12.0. The second-order valence-corrected chi connectivity index (χ2v) is 6.91. The van der Waals surface area contributed by atoms with E-state index in [0.717, 1.165) is 18.4 Å². The van der Waals surface area contributed by atoms with Crippen molar-refractivity contribution in [3.8, 4) is 0 Å². The summed E-state index contributed by atoms with van der Waals surface area (Å²) in [6, 6.07) is 15.2. The first-order valence-electron chi connectivity index (χ1n) is 8.65. The number of carbonyl (C=O) groups excluding carboxylic acids is 1. The molecule has 3 rings (SSSR count). The van der Waals surface area contributed by atoms with Crippen LogP contribution in [-0.4, -0.2) is 23.5 Å². The average molecular weight is 337 g/mol. The van der Waals surface area contributed by atoms with Crippen molar-refractivity contribution >= 4 is 11.9 Å². The number of rotatable bonds is 6. The molecule has 1 amide bonds. The highest BCUT2D eigenvalue weighted by Crippen LogP contribution is 2.24. The Balaban J connectivity index is 1.65. The normalized spacial score (nSPS) is 15.2. The molecule has 0 spiro atoms. The van der Waals surface area contributed by atoms with Gasteiger partial charge in [0.1, 0.15) is 5.41 Å². The van der Waals surface area contributed by atoms with Crippen LogP contribution in [-0.2, 0) is 34.3 Å². The smallest absolute Gasteiger partial charge is 0.315 e. The van der Waals surface area contributed by atoms with E-state index in [4.69, 9.17) is 0 Å². The van der Waals surface area contributed by atoms with Gasteiger partial charge >= 0.3 is 5.97 Å². The molecule has 0 aromatic heterocycles. The number of hydrogen-bond acceptors (Lipinski definition) is 2. The monoisotopic (exact) mass is 337 g/mol. The molecule has 1 aliphatic rings. The van der Waals surface area contributed by atoms with E-state index >= 15 is 0 Å². The first-order valence-corrected chi connectivity index (χ1v) is 8.65. The summed E-state index contributed by atoms with van der Waals surface area (Å²) in [5.74, 6) is -1.10. The molecule has 0 aliphatic heterocycles. The summed E-state index contributed by atoms with van der Waals surface area (Å²) in [5.41, 5.74) is 3.24. The third kappa shape index (κ3) is 3.73. The Bertz CT molecular complexity index is 785. The Morgan fingerprint density at radius 1 is 1.08 bits per heavy atom. The summed E-state index contributed by atoms with van der Waals surface area (Å²) < 4.78 is 0. The fourth-order valence-electron chi connectivity index (χ4n) is 3.37. The van der Waals surface area contributed by atoms with Crippen LogP contribution in [0.25, 0.3) is 0 Å². The van der Waals surface area contributed by atoms with Crippen LogP contribution in [0, 0.1) is 0 Å². The van der Waals surface area contributed by atoms with Crippen molar-refractivity contribution < 1.29 is 14.7 Å². The van der Waals surface area contributed by atoms with Gasteiger partial charge in [-0.15, -0.1) is 0 Å². The number of carboxylic acids is 1. The average Bonchev–Trinajstić information content (AvgIpc) is 3.08. The van der Waals surface area contributed by atoms with E-state index in [1.54, 1.807) is 19.1 Å². The van der Waals surface area contributed by atoms with Crippen molar-refractivity contribution in [1.82, 2.24) is 5.32 Å². The van der Waals surface area contributed by atoms with Gasteiger partial charge in [-0.1, -0.05) is 48.5 Å². The molecule has 0 heterocycles. The second kappa shape index (κ2) is 7.09. The van der Waals surface area contributed by atoms with Crippen LogP contribution in [0.5, 0.6) is 0 Å². The van der Waals surface area contributed by atoms with E-state index < -0.39 is 11.4 Å². The molecule has 25 heavy (non-hydrogen) atoms. The van der Waals surface area contributed by atoms with Gasteiger partial charge in [0.25, 0.3) is 0 Å². The Morgan fingerprint density at radius 2 is 1.80 bits per heavy atom. The number of nitrogens with one attached hydrogen (secondary N) is 1. The zero-order valence-corrected chi connectivity index (χ0v) is 14.4. The number of hydrogen-bond donors (Lipinski definition) is 2. The highest BCUT2D eigenvalue weighted by atomic mass is 16.4. The van der Waals surface area contributed by atoms with Crippen molar-refractivity contribution in [2.45, 2.75) is 38.0 Å². The summed E-state index contributed by atoms with van der Waals surface area (Å²) in [6.07, 6.45) is 3.66. The third-order valence-electron chi connectivity index (χ3n) is 5.05. The lowest BCUT2D eigenvalue weighted by Gasteiger charge is -2.25. The molecule has 4 heteroatoms. The van der Waals surface area contributed by atoms with Crippen molar-refractivity contribution in [2.24, 2.45) is 0 Å². The molecular formula is C21H23NO3. The van der Waals surface area contributed by atoms with E-state index in [9.17, 15) is 14.7 Å². The van der Waals surface area contributed by atoms with Crippen LogP contribution in [0.4, 0.5) is 0 Å². The molecule has 0 saturated heterocycles. The fraction of sp³-hybridized carbons (Fsp3) is 0.333. The Hall–Kier alpha value is -2.62. The fourth-order valence-corrected chi connectivity index (χ4v) is 3.37. The van der Waals surface area contributed by atoms with Crippen molar-refractivity contribution in [2.75, 3.05) is 6.54 Å². The molecule has 1 atom stereocenters. The minimum Gasteiger partial charge on any atom is -0.481 e. The number of aryl methyl sites for hydroxylation is 2. The molecule has 0 bridgehead atoms. The molecule has 1 unspecified atom stereocenters. The van der Waals surface area contributed by atoms with Gasteiger partial charge in [0.2, 0.25) is 5.91 Å². The van der Waals surface area contributed by atoms with Crippen LogP contribution in [0.2, 0.25) is 0 Å². The standard InChI is InChI=1S/C21H23NO3/c1-21(20(24)25,18-8-3-2-4-9-18)14-22-19(23)13-15-10-11-16-6-5-7-17(16)12-15/h2-4,8-12H,5-7,13-14H2,1H3,(H,22,23)(H,24,25). The Morgan fingerprint density at radius 3 is 2.52 bits per heavy atom. The number of benzene rings is 2. The van der Waals surface area contributed by atoms with Crippen LogP contribution in [0.1, 0.15) is 35.6 Å². The predicted octanol–water partition coefficient (Wildman–Crippen LogP) is 2.88. The van der Waals surface area contributed by atoms with E-state index in [1.807, 2.05) is 24.3 Å². The first kappa shape index (κ1) is 17.2. The second-order valence-electron chi connectivity index (χ2n) is 6.91. The molecule has 2 N–H and O–H groups in total. The summed E-state index contributed by atoms with van der Waals surface area (Å²) in [4.78, 5) is 24.1. The molecule has 1 aliphatic carbocycles. The lowest BCUT2D eigenvalue weighted by Crippen LogP contribution is -2.44. The van der Waals surface area contributed by atoms with Crippen molar-refractivity contribution in [1.29, 1.82) is 0 Å². The van der Waals surface area contributed by atoms with E-state index in [1.165, 1.54) is 17.5 Å². The van der Waals surface area contributed by atoms with Crippen LogP contribution >= 0.6 is 0 Å². The summed E-state index contributed by atoms with van der Waals surface area (Å²) in [7, 11) is 0. The van der Waals surface area contributed by atoms with Gasteiger partial charge in [-0.2, -0.15) is 0 Å². The topological polar surface area (TPSA) is 66.4 Å².